The summed E-state index contributed by atoms with van der Waals surface area (Å²) in [5.41, 5.74) is 1.46. The summed E-state index contributed by atoms with van der Waals surface area (Å²) in [6.07, 6.45) is 3.27. The zero-order chi connectivity index (χ0) is 13.9. The van der Waals surface area contributed by atoms with Crippen LogP contribution in [0.15, 0.2) is 53.3 Å². The number of aromatic nitrogens is 2. The molecule has 0 amide bonds. The minimum atomic E-state index is -0.130. The molecule has 0 radical (unpaired) electrons. The van der Waals surface area contributed by atoms with Gasteiger partial charge < -0.3 is 9.84 Å². The van der Waals surface area contributed by atoms with Gasteiger partial charge in [-0.15, -0.1) is 0 Å². The number of aliphatic hydroxyl groups is 1. The molecule has 2 aromatic heterocycles. The number of hydrogen-bond acceptors (Lipinski definition) is 4. The zero-order valence-electron chi connectivity index (χ0n) is 10.5. The molecule has 0 saturated heterocycles. The van der Waals surface area contributed by atoms with E-state index in [4.69, 9.17) is 4.74 Å². The fourth-order valence-electron chi connectivity index (χ4n) is 1.90. The molecule has 3 aromatic rings. The standard InChI is InChI=1S/C15H11BrN2O2/c16-12-6-13(8-17-7-12)20-15-11(9-19)5-10-3-1-2-4-14(10)18-15/h1-8,19H,9H2. The first-order valence-corrected chi connectivity index (χ1v) is 6.83. The lowest BCUT2D eigenvalue weighted by Crippen LogP contribution is -1.96. The number of ether oxygens (including phenoxy) is 1. The van der Waals surface area contributed by atoms with Crippen LogP contribution in [0.4, 0.5) is 0 Å². The normalized spacial score (nSPS) is 10.7. The highest BCUT2D eigenvalue weighted by atomic mass is 79.9. The van der Waals surface area contributed by atoms with E-state index in [2.05, 4.69) is 25.9 Å². The summed E-state index contributed by atoms with van der Waals surface area (Å²) < 4.78 is 6.55. The van der Waals surface area contributed by atoms with Crippen LogP contribution < -0.4 is 4.74 Å². The molecular weight excluding hydrogens is 320 g/mol. The van der Waals surface area contributed by atoms with E-state index in [1.54, 1.807) is 18.5 Å². The third-order valence-electron chi connectivity index (χ3n) is 2.83. The molecule has 2 heterocycles. The number of nitrogens with zero attached hydrogens (tertiary/aromatic N) is 2. The van der Waals surface area contributed by atoms with Gasteiger partial charge in [0.25, 0.3) is 0 Å². The average molecular weight is 331 g/mol. The first-order chi connectivity index (χ1) is 9.76. The molecule has 0 unspecified atom stereocenters. The van der Waals surface area contributed by atoms with Crippen molar-refractivity contribution in [2.24, 2.45) is 0 Å². The van der Waals surface area contributed by atoms with Crippen LogP contribution in [0.2, 0.25) is 0 Å². The Bertz CT molecular complexity index is 762. The zero-order valence-corrected chi connectivity index (χ0v) is 12.0. The van der Waals surface area contributed by atoms with Crippen LogP contribution in [0.1, 0.15) is 5.56 Å². The lowest BCUT2D eigenvalue weighted by molar-refractivity contribution is 0.275. The Kier molecular flexibility index (Phi) is 3.62. The first-order valence-electron chi connectivity index (χ1n) is 6.04. The molecule has 0 spiro atoms. The Hall–Kier alpha value is -1.98. The number of para-hydroxylation sites is 1. The molecule has 1 N–H and O–H groups in total. The van der Waals surface area contributed by atoms with E-state index < -0.39 is 0 Å². The van der Waals surface area contributed by atoms with Gasteiger partial charge in [-0.05, 0) is 34.1 Å². The van der Waals surface area contributed by atoms with E-state index in [1.807, 2.05) is 30.3 Å². The summed E-state index contributed by atoms with van der Waals surface area (Å²) in [5.74, 6) is 0.961. The van der Waals surface area contributed by atoms with E-state index >= 15 is 0 Å². The summed E-state index contributed by atoms with van der Waals surface area (Å²) in [7, 11) is 0. The Morgan fingerprint density at radius 1 is 1.15 bits per heavy atom. The summed E-state index contributed by atoms with van der Waals surface area (Å²) in [6, 6.07) is 11.4. The molecule has 0 aliphatic rings. The van der Waals surface area contributed by atoms with E-state index in [0.29, 0.717) is 17.2 Å². The van der Waals surface area contributed by atoms with Crippen LogP contribution in [-0.2, 0) is 6.61 Å². The second-order valence-electron chi connectivity index (χ2n) is 4.24. The fourth-order valence-corrected chi connectivity index (χ4v) is 2.25. The van der Waals surface area contributed by atoms with Gasteiger partial charge in [-0.25, -0.2) is 4.98 Å². The Balaban J connectivity index is 2.05. The predicted molar refractivity (Wildman–Crippen MR) is 79.7 cm³/mol. The van der Waals surface area contributed by atoms with Crippen molar-refractivity contribution in [3.63, 3.8) is 0 Å². The van der Waals surface area contributed by atoms with Crippen molar-refractivity contribution in [2.45, 2.75) is 6.61 Å². The molecule has 0 aliphatic heterocycles. The minimum Gasteiger partial charge on any atom is -0.437 e. The van der Waals surface area contributed by atoms with Crippen LogP contribution in [0.3, 0.4) is 0 Å². The van der Waals surface area contributed by atoms with Gasteiger partial charge in [0.2, 0.25) is 5.88 Å². The number of benzene rings is 1. The Morgan fingerprint density at radius 3 is 2.80 bits per heavy atom. The summed E-state index contributed by atoms with van der Waals surface area (Å²) >= 11 is 3.34. The van der Waals surface area contributed by atoms with Crippen LogP contribution in [0, 0.1) is 0 Å². The van der Waals surface area contributed by atoms with Gasteiger partial charge in [-0.1, -0.05) is 18.2 Å². The van der Waals surface area contributed by atoms with Gasteiger partial charge in [0.1, 0.15) is 5.75 Å². The third kappa shape index (κ3) is 2.64. The van der Waals surface area contributed by atoms with Gasteiger partial charge >= 0.3 is 0 Å². The molecule has 1 aromatic carbocycles. The number of aliphatic hydroxyl groups excluding tert-OH is 1. The highest BCUT2D eigenvalue weighted by molar-refractivity contribution is 9.10. The average Bonchev–Trinajstić information content (AvgIpc) is 2.46. The number of rotatable bonds is 3. The largest absolute Gasteiger partial charge is 0.437 e. The molecule has 100 valence electrons. The maximum absolute atomic E-state index is 9.47. The second kappa shape index (κ2) is 5.56. The number of hydrogen-bond donors (Lipinski definition) is 1. The maximum atomic E-state index is 9.47. The second-order valence-corrected chi connectivity index (χ2v) is 5.16. The van der Waals surface area contributed by atoms with Gasteiger partial charge in [-0.3, -0.25) is 4.98 Å². The minimum absolute atomic E-state index is 0.130. The molecule has 5 heteroatoms. The quantitative estimate of drug-likeness (QED) is 0.795. The van der Waals surface area contributed by atoms with Crippen molar-refractivity contribution in [1.29, 1.82) is 0 Å². The monoisotopic (exact) mass is 330 g/mol. The SMILES string of the molecule is OCc1cc2ccccc2nc1Oc1cncc(Br)c1. The van der Waals surface area contributed by atoms with Gasteiger partial charge in [-0.2, -0.15) is 0 Å². The smallest absolute Gasteiger partial charge is 0.225 e. The molecule has 4 nitrogen and oxygen atoms in total. The van der Waals surface area contributed by atoms with Crippen molar-refractivity contribution in [2.75, 3.05) is 0 Å². The van der Waals surface area contributed by atoms with Crippen molar-refractivity contribution < 1.29 is 9.84 Å². The highest BCUT2D eigenvalue weighted by Gasteiger charge is 2.09. The van der Waals surface area contributed by atoms with Crippen LogP contribution in [-0.4, -0.2) is 15.1 Å². The lowest BCUT2D eigenvalue weighted by Gasteiger charge is -2.10. The molecule has 0 bridgehead atoms. The van der Waals surface area contributed by atoms with Crippen LogP contribution in [0.25, 0.3) is 10.9 Å². The highest BCUT2D eigenvalue weighted by Crippen LogP contribution is 2.27. The van der Waals surface area contributed by atoms with Crippen LogP contribution in [0.5, 0.6) is 11.6 Å². The lowest BCUT2D eigenvalue weighted by atomic mass is 10.1. The summed E-state index contributed by atoms with van der Waals surface area (Å²) in [6.45, 7) is -0.130. The molecular formula is C15H11BrN2O2. The van der Waals surface area contributed by atoms with E-state index in [1.165, 1.54) is 0 Å². The van der Waals surface area contributed by atoms with E-state index in [-0.39, 0.29) is 6.61 Å². The van der Waals surface area contributed by atoms with E-state index in [0.717, 1.165) is 15.4 Å². The Morgan fingerprint density at radius 2 is 2.00 bits per heavy atom. The molecule has 3 rings (SSSR count). The van der Waals surface area contributed by atoms with E-state index in [9.17, 15) is 5.11 Å². The van der Waals surface area contributed by atoms with Crippen LogP contribution >= 0.6 is 15.9 Å². The molecule has 0 atom stereocenters. The Labute approximate surface area is 124 Å². The molecule has 0 saturated carbocycles. The summed E-state index contributed by atoms with van der Waals surface area (Å²) in [4.78, 5) is 8.48. The van der Waals surface area contributed by atoms with Crippen molar-refractivity contribution >= 4 is 26.8 Å². The van der Waals surface area contributed by atoms with Gasteiger partial charge in [0, 0.05) is 21.6 Å². The van der Waals surface area contributed by atoms with Gasteiger partial charge in [0.15, 0.2) is 0 Å². The van der Waals surface area contributed by atoms with Crippen molar-refractivity contribution in [1.82, 2.24) is 9.97 Å². The van der Waals surface area contributed by atoms with Crippen molar-refractivity contribution in [3.8, 4) is 11.6 Å². The number of halogens is 1. The molecule has 0 fully saturated rings. The third-order valence-corrected chi connectivity index (χ3v) is 3.26. The number of pyridine rings is 2. The number of fused-ring (bicyclic) bond motifs is 1. The molecule has 0 aliphatic carbocycles. The first kappa shape index (κ1) is 13.0. The molecule has 20 heavy (non-hydrogen) atoms. The van der Waals surface area contributed by atoms with Crippen molar-refractivity contribution in [3.05, 3.63) is 58.8 Å². The summed E-state index contributed by atoms with van der Waals surface area (Å²) in [5, 5.41) is 10.4. The van der Waals surface area contributed by atoms with Gasteiger partial charge in [0.05, 0.1) is 18.3 Å². The topological polar surface area (TPSA) is 55.2 Å². The maximum Gasteiger partial charge on any atom is 0.225 e. The fraction of sp³-hybridized carbons (Fsp3) is 0.0667. The predicted octanol–water partition coefficient (Wildman–Crippen LogP) is 3.68.